The minimum absolute atomic E-state index is 0.0981. The average Bonchev–Trinajstić information content (AvgIpc) is 2.43. The highest BCUT2D eigenvalue weighted by atomic mass is 35.5. The third-order valence-electron chi connectivity index (χ3n) is 2.84. The van der Waals surface area contributed by atoms with Crippen molar-refractivity contribution in [3.63, 3.8) is 0 Å². The summed E-state index contributed by atoms with van der Waals surface area (Å²) in [5.74, 6) is -0.788. The van der Waals surface area contributed by atoms with Crippen molar-refractivity contribution < 1.29 is 19.4 Å². The molecule has 0 radical (unpaired) electrons. The van der Waals surface area contributed by atoms with Crippen molar-refractivity contribution in [1.29, 1.82) is 0 Å². The number of likely N-dealkylation sites (N-methyl/N-ethyl adjacent to an activating group) is 1. The summed E-state index contributed by atoms with van der Waals surface area (Å²) in [6, 6.07) is 4.73. The molecule has 0 aromatic heterocycles. The van der Waals surface area contributed by atoms with Crippen LogP contribution in [-0.2, 0) is 9.59 Å². The molecule has 1 unspecified atom stereocenters. The van der Waals surface area contributed by atoms with Gasteiger partial charge in [0.25, 0.3) is 5.91 Å². The van der Waals surface area contributed by atoms with E-state index in [2.05, 4.69) is 0 Å². The Bertz CT molecular complexity index is 522. The van der Waals surface area contributed by atoms with Crippen molar-refractivity contribution in [2.24, 2.45) is 0 Å². The standard InChI is InChI=1S/C14H17Cl2NO4/c1-3-17(7-6-13(18)19)14(20)9(2)21-10-4-5-11(15)12(16)8-10/h4-5,8-9H,3,6-7H2,1-2H3,(H,18,19). The number of halogens is 2. The number of ether oxygens (including phenoxy) is 1. The van der Waals surface area contributed by atoms with E-state index in [1.807, 2.05) is 0 Å². The Kier molecular flexibility index (Phi) is 6.78. The first-order valence-electron chi connectivity index (χ1n) is 6.47. The molecule has 1 atom stereocenters. The van der Waals surface area contributed by atoms with Crippen LogP contribution in [0.2, 0.25) is 10.0 Å². The Morgan fingerprint density at radius 1 is 1.33 bits per heavy atom. The van der Waals surface area contributed by atoms with Crippen molar-refractivity contribution in [2.45, 2.75) is 26.4 Å². The van der Waals surface area contributed by atoms with Gasteiger partial charge in [-0.15, -0.1) is 0 Å². The van der Waals surface area contributed by atoms with Gasteiger partial charge < -0.3 is 14.7 Å². The zero-order valence-corrected chi connectivity index (χ0v) is 13.3. The molecule has 1 rings (SSSR count). The molecule has 0 aliphatic heterocycles. The van der Waals surface area contributed by atoms with E-state index in [4.69, 9.17) is 33.0 Å². The van der Waals surface area contributed by atoms with Crippen LogP contribution in [0.25, 0.3) is 0 Å². The Hall–Kier alpha value is -1.46. The fourth-order valence-electron chi connectivity index (χ4n) is 1.72. The van der Waals surface area contributed by atoms with Gasteiger partial charge in [0.2, 0.25) is 0 Å². The number of rotatable bonds is 7. The SMILES string of the molecule is CCN(CCC(=O)O)C(=O)C(C)Oc1ccc(Cl)c(Cl)c1. The topological polar surface area (TPSA) is 66.8 Å². The van der Waals surface area contributed by atoms with Crippen LogP contribution in [0.15, 0.2) is 18.2 Å². The van der Waals surface area contributed by atoms with Gasteiger partial charge in [0.05, 0.1) is 16.5 Å². The molecule has 1 N–H and O–H groups in total. The normalized spacial score (nSPS) is 11.8. The number of carbonyl (C=O) groups excluding carboxylic acids is 1. The number of amides is 1. The van der Waals surface area contributed by atoms with Crippen LogP contribution in [0.4, 0.5) is 0 Å². The molecule has 0 aliphatic rings. The summed E-state index contributed by atoms with van der Waals surface area (Å²) < 4.78 is 5.52. The average molecular weight is 334 g/mol. The van der Waals surface area contributed by atoms with Crippen molar-refractivity contribution in [3.05, 3.63) is 28.2 Å². The first-order chi connectivity index (χ1) is 9.85. The molecule has 116 valence electrons. The summed E-state index contributed by atoms with van der Waals surface area (Å²) in [6.45, 7) is 3.96. The van der Waals surface area contributed by atoms with Crippen LogP contribution in [-0.4, -0.2) is 41.1 Å². The maximum Gasteiger partial charge on any atom is 0.305 e. The van der Waals surface area contributed by atoms with E-state index in [0.717, 1.165) is 0 Å². The number of hydrogen-bond donors (Lipinski definition) is 1. The molecule has 0 fully saturated rings. The maximum atomic E-state index is 12.2. The summed E-state index contributed by atoms with van der Waals surface area (Å²) in [6.07, 6.45) is -0.838. The highest BCUT2D eigenvalue weighted by Gasteiger charge is 2.21. The Balaban J connectivity index is 2.67. The summed E-state index contributed by atoms with van der Waals surface area (Å²) >= 11 is 11.7. The zero-order valence-electron chi connectivity index (χ0n) is 11.8. The first kappa shape index (κ1) is 17.6. The van der Waals surface area contributed by atoms with Crippen molar-refractivity contribution in [3.8, 4) is 5.75 Å². The van der Waals surface area contributed by atoms with E-state index < -0.39 is 12.1 Å². The number of carboxylic acids is 1. The van der Waals surface area contributed by atoms with Gasteiger partial charge in [0.1, 0.15) is 5.75 Å². The van der Waals surface area contributed by atoms with Crippen LogP contribution >= 0.6 is 23.2 Å². The van der Waals surface area contributed by atoms with Crippen molar-refractivity contribution in [2.75, 3.05) is 13.1 Å². The summed E-state index contributed by atoms with van der Waals surface area (Å²) in [5.41, 5.74) is 0. The van der Waals surface area contributed by atoms with E-state index in [1.165, 1.54) is 11.0 Å². The van der Waals surface area contributed by atoms with Crippen molar-refractivity contribution in [1.82, 2.24) is 4.90 Å². The lowest BCUT2D eigenvalue weighted by molar-refractivity contribution is -0.140. The third kappa shape index (κ3) is 5.44. The molecule has 0 saturated heterocycles. The largest absolute Gasteiger partial charge is 0.481 e. The molecule has 1 aromatic carbocycles. The van der Waals surface area contributed by atoms with E-state index in [1.54, 1.807) is 26.0 Å². The lowest BCUT2D eigenvalue weighted by atomic mass is 10.3. The lowest BCUT2D eigenvalue weighted by Crippen LogP contribution is -2.41. The molecule has 0 aliphatic carbocycles. The van der Waals surface area contributed by atoms with Crippen LogP contribution < -0.4 is 4.74 Å². The smallest absolute Gasteiger partial charge is 0.305 e. The van der Waals surface area contributed by atoms with Gasteiger partial charge >= 0.3 is 5.97 Å². The highest BCUT2D eigenvalue weighted by Crippen LogP contribution is 2.27. The molecular weight excluding hydrogens is 317 g/mol. The fraction of sp³-hybridized carbons (Fsp3) is 0.429. The lowest BCUT2D eigenvalue weighted by Gasteiger charge is -2.24. The molecule has 1 aromatic rings. The molecule has 5 nitrogen and oxygen atoms in total. The molecule has 0 bridgehead atoms. The summed E-state index contributed by atoms with van der Waals surface area (Å²) in [4.78, 5) is 24.2. The second-order valence-corrected chi connectivity index (χ2v) is 5.21. The van der Waals surface area contributed by atoms with Gasteiger partial charge in [-0.1, -0.05) is 23.2 Å². The summed E-state index contributed by atoms with van der Waals surface area (Å²) in [5, 5.41) is 9.42. The van der Waals surface area contributed by atoms with Gasteiger partial charge in [-0.05, 0) is 26.0 Å². The first-order valence-corrected chi connectivity index (χ1v) is 7.23. The Labute approximate surface area is 133 Å². The molecule has 0 heterocycles. The molecule has 0 spiro atoms. The van der Waals surface area contributed by atoms with Gasteiger partial charge in [-0.3, -0.25) is 9.59 Å². The minimum Gasteiger partial charge on any atom is -0.481 e. The summed E-state index contributed by atoms with van der Waals surface area (Å²) in [7, 11) is 0. The molecule has 0 saturated carbocycles. The highest BCUT2D eigenvalue weighted by molar-refractivity contribution is 6.42. The van der Waals surface area contributed by atoms with E-state index in [9.17, 15) is 9.59 Å². The predicted molar refractivity (Wildman–Crippen MR) is 81.1 cm³/mol. The van der Waals surface area contributed by atoms with Crippen LogP contribution in [0, 0.1) is 0 Å². The third-order valence-corrected chi connectivity index (χ3v) is 3.58. The number of aliphatic carboxylic acids is 1. The molecule has 1 amide bonds. The zero-order chi connectivity index (χ0) is 16.0. The fourth-order valence-corrected chi connectivity index (χ4v) is 2.00. The number of nitrogens with zero attached hydrogens (tertiary/aromatic N) is 1. The Morgan fingerprint density at radius 3 is 2.52 bits per heavy atom. The van der Waals surface area contributed by atoms with E-state index >= 15 is 0 Å². The quantitative estimate of drug-likeness (QED) is 0.832. The predicted octanol–water partition coefficient (Wildman–Crippen LogP) is 3.08. The number of carbonyl (C=O) groups is 2. The van der Waals surface area contributed by atoms with Crippen LogP contribution in [0.3, 0.4) is 0 Å². The Morgan fingerprint density at radius 2 is 2.00 bits per heavy atom. The second kappa shape index (κ2) is 8.10. The monoisotopic (exact) mass is 333 g/mol. The number of benzene rings is 1. The van der Waals surface area contributed by atoms with E-state index in [-0.39, 0.29) is 18.9 Å². The minimum atomic E-state index is -0.945. The molecule has 7 heteroatoms. The van der Waals surface area contributed by atoms with Gasteiger partial charge in [0, 0.05) is 19.2 Å². The number of carboxylic acid groups (broad SMARTS) is 1. The van der Waals surface area contributed by atoms with Gasteiger partial charge in [-0.2, -0.15) is 0 Å². The molecule has 21 heavy (non-hydrogen) atoms. The molecular formula is C14H17Cl2NO4. The van der Waals surface area contributed by atoms with Crippen molar-refractivity contribution >= 4 is 35.1 Å². The van der Waals surface area contributed by atoms with E-state index in [0.29, 0.717) is 22.3 Å². The van der Waals surface area contributed by atoms with Gasteiger partial charge in [0.15, 0.2) is 6.10 Å². The van der Waals surface area contributed by atoms with Gasteiger partial charge in [-0.25, -0.2) is 0 Å². The number of hydrogen-bond acceptors (Lipinski definition) is 3. The maximum absolute atomic E-state index is 12.2. The van der Waals surface area contributed by atoms with Crippen LogP contribution in [0.5, 0.6) is 5.75 Å². The van der Waals surface area contributed by atoms with Crippen LogP contribution in [0.1, 0.15) is 20.3 Å². The second-order valence-electron chi connectivity index (χ2n) is 4.40.